The van der Waals surface area contributed by atoms with E-state index in [1.807, 2.05) is 34.9 Å². The van der Waals surface area contributed by atoms with Crippen LogP contribution in [0.15, 0.2) is 16.9 Å². The van der Waals surface area contributed by atoms with Crippen molar-refractivity contribution in [3.8, 4) is 0 Å². The molecule has 0 N–H and O–H groups in total. The molecule has 3 heterocycles. The number of hydrogen-bond donors (Lipinski definition) is 0. The molecule has 2 aromatic heterocycles. The Bertz CT molecular complexity index is 747. The highest BCUT2D eigenvalue weighted by Gasteiger charge is 2.35. The molecule has 134 valence electrons. The summed E-state index contributed by atoms with van der Waals surface area (Å²) in [5.74, 6) is 1.59. The first kappa shape index (κ1) is 17.3. The SMILES string of the molecule is CN(C)c1noc(C2CCCN2C(=O)c2cnc(C(C)(C)C)nc2)n1. The second-order valence-electron chi connectivity index (χ2n) is 7.53. The van der Waals surface area contributed by atoms with E-state index in [4.69, 9.17) is 4.52 Å². The van der Waals surface area contributed by atoms with Gasteiger partial charge in [0.2, 0.25) is 0 Å². The summed E-state index contributed by atoms with van der Waals surface area (Å²) in [6, 6.07) is -0.198. The van der Waals surface area contributed by atoms with Crippen molar-refractivity contribution in [3.63, 3.8) is 0 Å². The van der Waals surface area contributed by atoms with Crippen molar-refractivity contribution < 1.29 is 9.32 Å². The third-order valence-corrected chi connectivity index (χ3v) is 4.20. The maximum Gasteiger partial charge on any atom is 0.265 e. The zero-order chi connectivity index (χ0) is 18.2. The maximum atomic E-state index is 12.9. The molecule has 8 heteroatoms. The molecule has 25 heavy (non-hydrogen) atoms. The van der Waals surface area contributed by atoms with Gasteiger partial charge in [0.1, 0.15) is 11.9 Å². The average Bonchev–Trinajstić information content (AvgIpc) is 3.22. The number of nitrogens with zero attached hydrogens (tertiary/aromatic N) is 6. The van der Waals surface area contributed by atoms with Gasteiger partial charge < -0.3 is 14.3 Å². The molecule has 1 aliphatic rings. The number of aromatic nitrogens is 4. The number of carbonyl (C=O) groups excluding carboxylic acids is 1. The number of rotatable bonds is 3. The highest BCUT2D eigenvalue weighted by atomic mass is 16.5. The van der Waals surface area contributed by atoms with E-state index in [1.54, 1.807) is 22.2 Å². The fourth-order valence-corrected chi connectivity index (χ4v) is 2.80. The van der Waals surface area contributed by atoms with E-state index in [2.05, 4.69) is 20.1 Å². The summed E-state index contributed by atoms with van der Waals surface area (Å²) < 4.78 is 5.36. The molecule has 0 spiro atoms. The fraction of sp³-hybridized carbons (Fsp3) is 0.588. The first-order chi connectivity index (χ1) is 11.8. The molecule has 1 aliphatic heterocycles. The smallest absolute Gasteiger partial charge is 0.265 e. The van der Waals surface area contributed by atoms with Crippen LogP contribution in [-0.4, -0.2) is 51.6 Å². The first-order valence-electron chi connectivity index (χ1n) is 8.42. The predicted octanol–water partition coefficient (Wildman–Crippen LogP) is 2.20. The molecular formula is C17H24N6O2. The highest BCUT2D eigenvalue weighted by molar-refractivity contribution is 5.94. The van der Waals surface area contributed by atoms with Crippen molar-refractivity contribution in [2.45, 2.75) is 45.1 Å². The summed E-state index contributed by atoms with van der Waals surface area (Å²) in [6.07, 6.45) is 4.91. The summed E-state index contributed by atoms with van der Waals surface area (Å²) in [6.45, 7) is 6.78. The quantitative estimate of drug-likeness (QED) is 0.843. The molecule has 0 aromatic carbocycles. The number of hydrogen-bond acceptors (Lipinski definition) is 7. The third-order valence-electron chi connectivity index (χ3n) is 4.20. The van der Waals surface area contributed by atoms with Crippen molar-refractivity contribution in [2.75, 3.05) is 25.5 Å². The topological polar surface area (TPSA) is 88.3 Å². The van der Waals surface area contributed by atoms with Crippen LogP contribution in [0.5, 0.6) is 0 Å². The van der Waals surface area contributed by atoms with Crippen LogP contribution in [0.4, 0.5) is 5.95 Å². The summed E-state index contributed by atoms with van der Waals surface area (Å²) >= 11 is 0. The lowest BCUT2D eigenvalue weighted by Gasteiger charge is -2.22. The Kier molecular flexibility index (Phi) is 4.45. The first-order valence-corrected chi connectivity index (χ1v) is 8.42. The van der Waals surface area contributed by atoms with Crippen LogP contribution in [0.3, 0.4) is 0 Å². The Hall–Kier alpha value is -2.51. The second kappa shape index (κ2) is 6.42. The highest BCUT2D eigenvalue weighted by Crippen LogP contribution is 2.32. The molecule has 1 amide bonds. The van der Waals surface area contributed by atoms with Crippen LogP contribution in [-0.2, 0) is 5.41 Å². The van der Waals surface area contributed by atoms with E-state index in [9.17, 15) is 4.79 Å². The van der Waals surface area contributed by atoms with Gasteiger partial charge in [-0.3, -0.25) is 4.79 Å². The van der Waals surface area contributed by atoms with Gasteiger partial charge in [-0.1, -0.05) is 20.8 Å². The van der Waals surface area contributed by atoms with Gasteiger partial charge >= 0.3 is 0 Å². The monoisotopic (exact) mass is 344 g/mol. The molecule has 1 atom stereocenters. The van der Waals surface area contributed by atoms with Gasteiger partial charge in [-0.05, 0) is 18.0 Å². The van der Waals surface area contributed by atoms with Gasteiger partial charge in [0.25, 0.3) is 17.7 Å². The van der Waals surface area contributed by atoms with Gasteiger partial charge in [0.05, 0.1) is 5.56 Å². The summed E-state index contributed by atoms with van der Waals surface area (Å²) in [5, 5.41) is 3.94. The molecule has 0 saturated carbocycles. The van der Waals surface area contributed by atoms with Crippen LogP contribution in [0.2, 0.25) is 0 Å². The predicted molar refractivity (Wildman–Crippen MR) is 92.4 cm³/mol. The molecule has 0 radical (unpaired) electrons. The molecule has 1 saturated heterocycles. The van der Waals surface area contributed by atoms with Crippen LogP contribution in [0.25, 0.3) is 0 Å². The van der Waals surface area contributed by atoms with Crippen molar-refractivity contribution in [1.82, 2.24) is 25.0 Å². The maximum absolute atomic E-state index is 12.9. The van der Waals surface area contributed by atoms with E-state index in [0.29, 0.717) is 23.9 Å². The lowest BCUT2D eigenvalue weighted by atomic mass is 9.96. The molecule has 0 aliphatic carbocycles. The van der Waals surface area contributed by atoms with Gasteiger partial charge in [-0.2, -0.15) is 4.98 Å². The summed E-state index contributed by atoms with van der Waals surface area (Å²) in [5.41, 5.74) is 0.330. The molecule has 1 unspecified atom stereocenters. The van der Waals surface area contributed by atoms with E-state index >= 15 is 0 Å². The van der Waals surface area contributed by atoms with Crippen molar-refractivity contribution in [1.29, 1.82) is 0 Å². The Balaban J connectivity index is 1.80. The number of likely N-dealkylation sites (tertiary alicyclic amines) is 1. The third kappa shape index (κ3) is 3.47. The Morgan fingerprint density at radius 3 is 2.52 bits per heavy atom. The van der Waals surface area contributed by atoms with Crippen molar-refractivity contribution >= 4 is 11.9 Å². The lowest BCUT2D eigenvalue weighted by Crippen LogP contribution is -2.31. The largest absolute Gasteiger partial charge is 0.344 e. The standard InChI is InChI=1S/C17H24N6O2/c1-17(2,3)15-18-9-11(10-19-15)14(24)23-8-6-7-12(23)13-20-16(21-25-13)22(4)5/h9-10,12H,6-8H2,1-5H3. The average molecular weight is 344 g/mol. The molecule has 8 nitrogen and oxygen atoms in total. The second-order valence-corrected chi connectivity index (χ2v) is 7.53. The van der Waals surface area contributed by atoms with Crippen LogP contribution in [0, 0.1) is 0 Å². The number of amides is 1. The minimum Gasteiger partial charge on any atom is -0.344 e. The minimum atomic E-state index is -0.198. The molecule has 3 rings (SSSR count). The number of anilines is 1. The Morgan fingerprint density at radius 2 is 1.96 bits per heavy atom. The minimum absolute atomic E-state index is 0.104. The summed E-state index contributed by atoms with van der Waals surface area (Å²) in [7, 11) is 3.70. The molecule has 1 fully saturated rings. The zero-order valence-electron chi connectivity index (χ0n) is 15.4. The van der Waals surface area contributed by atoms with Crippen molar-refractivity contribution in [2.24, 2.45) is 0 Å². The lowest BCUT2D eigenvalue weighted by molar-refractivity contribution is 0.0709. The van der Waals surface area contributed by atoms with Gasteiger partial charge in [0.15, 0.2) is 0 Å². The van der Waals surface area contributed by atoms with E-state index in [-0.39, 0.29) is 17.4 Å². The van der Waals surface area contributed by atoms with Crippen LogP contribution < -0.4 is 4.90 Å². The van der Waals surface area contributed by atoms with E-state index in [0.717, 1.165) is 18.7 Å². The van der Waals surface area contributed by atoms with Crippen LogP contribution in [0.1, 0.15) is 61.7 Å². The zero-order valence-corrected chi connectivity index (χ0v) is 15.4. The van der Waals surface area contributed by atoms with E-state index < -0.39 is 0 Å². The van der Waals surface area contributed by atoms with Gasteiger partial charge in [-0.25, -0.2) is 9.97 Å². The van der Waals surface area contributed by atoms with Crippen molar-refractivity contribution in [3.05, 3.63) is 29.7 Å². The molecule has 2 aromatic rings. The summed E-state index contributed by atoms with van der Waals surface area (Å²) in [4.78, 5) is 29.5. The Labute approximate surface area is 147 Å². The normalized spacial score (nSPS) is 17.8. The molecule has 0 bridgehead atoms. The van der Waals surface area contributed by atoms with Gasteiger partial charge in [-0.15, -0.1) is 0 Å². The van der Waals surface area contributed by atoms with Gasteiger partial charge in [0, 0.05) is 38.4 Å². The Morgan fingerprint density at radius 1 is 1.28 bits per heavy atom. The van der Waals surface area contributed by atoms with E-state index in [1.165, 1.54) is 0 Å². The van der Waals surface area contributed by atoms with Crippen LogP contribution >= 0.6 is 0 Å². The molecular weight excluding hydrogens is 320 g/mol. The number of carbonyl (C=O) groups is 1. The fourth-order valence-electron chi connectivity index (χ4n) is 2.80.